The first-order valence-corrected chi connectivity index (χ1v) is 7.94. The molecule has 0 spiro atoms. The lowest BCUT2D eigenvalue weighted by Crippen LogP contribution is -2.12. The lowest BCUT2D eigenvalue weighted by Gasteiger charge is -2.07. The highest BCUT2D eigenvalue weighted by Crippen LogP contribution is 2.24. The van der Waals surface area contributed by atoms with Gasteiger partial charge >= 0.3 is 5.97 Å². The minimum absolute atomic E-state index is 0.0257. The summed E-state index contributed by atoms with van der Waals surface area (Å²) in [5.41, 5.74) is 0.130. The maximum Gasteiger partial charge on any atom is 0.339 e. The summed E-state index contributed by atoms with van der Waals surface area (Å²) in [7, 11) is -2.61. The van der Waals surface area contributed by atoms with Gasteiger partial charge in [-0.1, -0.05) is 17.7 Å². The number of halogens is 2. The Morgan fingerprint density at radius 2 is 2.05 bits per heavy atom. The molecule has 1 aromatic carbocycles. The van der Waals surface area contributed by atoms with Gasteiger partial charge in [0.25, 0.3) is 10.0 Å². The SMILES string of the molecule is COC(=O)c1cc(Br)n(S(=O)(=O)c2cccc(Cl)c2)c1. The molecule has 8 heteroatoms. The molecule has 5 nitrogen and oxygen atoms in total. The van der Waals surface area contributed by atoms with Gasteiger partial charge < -0.3 is 4.74 Å². The van der Waals surface area contributed by atoms with Crippen molar-refractivity contribution in [2.45, 2.75) is 4.90 Å². The molecule has 1 heterocycles. The van der Waals surface area contributed by atoms with Crippen LogP contribution >= 0.6 is 27.5 Å². The van der Waals surface area contributed by atoms with Crippen molar-refractivity contribution in [1.82, 2.24) is 3.97 Å². The number of benzene rings is 1. The van der Waals surface area contributed by atoms with Crippen LogP contribution in [0.3, 0.4) is 0 Å². The van der Waals surface area contributed by atoms with Gasteiger partial charge in [0.2, 0.25) is 0 Å². The summed E-state index contributed by atoms with van der Waals surface area (Å²) in [6.07, 6.45) is 1.19. The van der Waals surface area contributed by atoms with Crippen molar-refractivity contribution in [3.8, 4) is 0 Å². The van der Waals surface area contributed by atoms with E-state index in [1.54, 1.807) is 6.07 Å². The van der Waals surface area contributed by atoms with Crippen molar-refractivity contribution in [1.29, 1.82) is 0 Å². The summed E-state index contributed by atoms with van der Waals surface area (Å²) < 4.78 is 30.6. The lowest BCUT2D eigenvalue weighted by atomic mass is 10.3. The second-order valence-corrected chi connectivity index (χ2v) is 6.87. The fourth-order valence-corrected chi connectivity index (χ4v) is 4.04. The molecular formula is C12H9BrClNO4S. The van der Waals surface area contributed by atoms with Crippen LogP contribution in [0.2, 0.25) is 5.02 Å². The van der Waals surface area contributed by atoms with Crippen molar-refractivity contribution in [3.63, 3.8) is 0 Å². The molecule has 0 radical (unpaired) electrons. The fourth-order valence-electron chi connectivity index (χ4n) is 1.57. The number of hydrogen-bond acceptors (Lipinski definition) is 4. The average molecular weight is 379 g/mol. The number of nitrogens with zero attached hydrogens (tertiary/aromatic N) is 1. The number of ether oxygens (including phenoxy) is 1. The van der Waals surface area contributed by atoms with E-state index in [9.17, 15) is 13.2 Å². The van der Waals surface area contributed by atoms with Crippen molar-refractivity contribution >= 4 is 43.5 Å². The van der Waals surface area contributed by atoms with Crippen LogP contribution in [0.1, 0.15) is 10.4 Å². The molecule has 2 rings (SSSR count). The van der Waals surface area contributed by atoms with Crippen LogP contribution in [0.25, 0.3) is 0 Å². The van der Waals surface area contributed by atoms with Crippen LogP contribution in [-0.2, 0) is 14.8 Å². The number of methoxy groups -OCH3 is 1. The molecule has 20 heavy (non-hydrogen) atoms. The molecule has 0 atom stereocenters. The minimum atomic E-state index is -3.84. The summed E-state index contributed by atoms with van der Waals surface area (Å²) in [5, 5.41) is 0.308. The van der Waals surface area contributed by atoms with E-state index in [1.165, 1.54) is 37.6 Å². The number of carbonyl (C=O) groups excluding carboxylic acids is 1. The summed E-state index contributed by atoms with van der Waals surface area (Å²) >= 11 is 8.91. The van der Waals surface area contributed by atoms with Crippen LogP contribution in [-0.4, -0.2) is 25.5 Å². The van der Waals surface area contributed by atoms with E-state index in [-0.39, 0.29) is 15.1 Å². The van der Waals surface area contributed by atoms with Gasteiger partial charge in [-0.3, -0.25) is 0 Å². The molecule has 0 bridgehead atoms. The molecular weight excluding hydrogens is 370 g/mol. The van der Waals surface area contributed by atoms with E-state index >= 15 is 0 Å². The second-order valence-electron chi connectivity index (χ2n) is 3.80. The minimum Gasteiger partial charge on any atom is -0.465 e. The smallest absolute Gasteiger partial charge is 0.339 e. The van der Waals surface area contributed by atoms with E-state index in [1.807, 2.05) is 0 Å². The Kier molecular flexibility index (Phi) is 4.22. The zero-order valence-electron chi connectivity index (χ0n) is 10.2. The standard InChI is InChI=1S/C12H9BrClNO4S/c1-19-12(16)8-5-11(13)15(7-8)20(17,18)10-4-2-3-9(14)6-10/h2-7H,1H3. The number of rotatable bonds is 3. The van der Waals surface area contributed by atoms with Crippen molar-refractivity contribution in [3.05, 3.63) is 51.7 Å². The van der Waals surface area contributed by atoms with Gasteiger partial charge in [0.1, 0.15) is 4.60 Å². The summed E-state index contributed by atoms with van der Waals surface area (Å²) in [6, 6.07) is 7.24. The molecule has 0 unspecified atom stereocenters. The third-order valence-corrected chi connectivity index (χ3v) is 5.27. The Morgan fingerprint density at radius 3 is 2.65 bits per heavy atom. The molecule has 0 aliphatic carbocycles. The van der Waals surface area contributed by atoms with Gasteiger partial charge in [-0.15, -0.1) is 0 Å². The highest BCUT2D eigenvalue weighted by molar-refractivity contribution is 9.10. The Hall–Kier alpha value is -1.31. The third-order valence-electron chi connectivity index (χ3n) is 2.52. The molecule has 0 aliphatic heterocycles. The first kappa shape index (κ1) is 15.1. The van der Waals surface area contributed by atoms with Crippen LogP contribution in [0, 0.1) is 0 Å². The molecule has 106 valence electrons. The summed E-state index contributed by atoms with van der Waals surface area (Å²) in [6.45, 7) is 0. The molecule has 0 aliphatic rings. The molecule has 2 aromatic rings. The van der Waals surface area contributed by atoms with Crippen molar-refractivity contribution < 1.29 is 17.9 Å². The highest BCUT2D eigenvalue weighted by atomic mass is 79.9. The molecule has 0 saturated heterocycles. The lowest BCUT2D eigenvalue weighted by molar-refractivity contribution is 0.0601. The van der Waals surface area contributed by atoms with E-state index in [4.69, 9.17) is 11.6 Å². The Morgan fingerprint density at radius 1 is 1.35 bits per heavy atom. The van der Waals surface area contributed by atoms with Gasteiger partial charge in [0.15, 0.2) is 0 Å². The number of hydrogen-bond donors (Lipinski definition) is 0. The molecule has 1 aromatic heterocycles. The van der Waals surface area contributed by atoms with Gasteiger partial charge in [-0.2, -0.15) is 0 Å². The first-order chi connectivity index (χ1) is 9.36. The highest BCUT2D eigenvalue weighted by Gasteiger charge is 2.22. The van der Waals surface area contributed by atoms with Crippen LogP contribution in [0.15, 0.2) is 46.0 Å². The summed E-state index contributed by atoms with van der Waals surface area (Å²) in [5.74, 6) is -0.620. The topological polar surface area (TPSA) is 65.4 Å². The Labute approximate surface area is 129 Å². The largest absolute Gasteiger partial charge is 0.465 e. The van der Waals surface area contributed by atoms with E-state index in [0.717, 1.165) is 3.97 Å². The number of esters is 1. The first-order valence-electron chi connectivity index (χ1n) is 5.33. The maximum atomic E-state index is 12.5. The van der Waals surface area contributed by atoms with Gasteiger partial charge in [-0.25, -0.2) is 17.2 Å². The summed E-state index contributed by atoms with van der Waals surface area (Å²) in [4.78, 5) is 11.4. The van der Waals surface area contributed by atoms with Gasteiger partial charge in [-0.05, 0) is 40.2 Å². The second kappa shape index (κ2) is 5.59. The normalized spacial score (nSPS) is 11.3. The quantitative estimate of drug-likeness (QED) is 0.770. The van der Waals surface area contributed by atoms with E-state index < -0.39 is 16.0 Å². The Balaban J connectivity index is 2.55. The van der Waals surface area contributed by atoms with Gasteiger partial charge in [0, 0.05) is 11.2 Å². The van der Waals surface area contributed by atoms with Crippen molar-refractivity contribution in [2.75, 3.05) is 7.11 Å². The molecule has 0 fully saturated rings. The predicted octanol–water partition coefficient (Wildman–Crippen LogP) is 2.93. The molecule has 0 amide bonds. The van der Waals surface area contributed by atoms with Gasteiger partial charge in [0.05, 0.1) is 17.6 Å². The molecule has 0 saturated carbocycles. The van der Waals surface area contributed by atoms with E-state index in [0.29, 0.717) is 5.02 Å². The van der Waals surface area contributed by atoms with Crippen LogP contribution in [0.5, 0.6) is 0 Å². The Bertz CT molecular complexity index is 770. The maximum absolute atomic E-state index is 12.5. The van der Waals surface area contributed by atoms with Crippen LogP contribution in [0.4, 0.5) is 0 Å². The predicted molar refractivity (Wildman–Crippen MR) is 77.5 cm³/mol. The van der Waals surface area contributed by atoms with E-state index in [2.05, 4.69) is 20.7 Å². The zero-order valence-corrected chi connectivity index (χ0v) is 13.4. The average Bonchev–Trinajstić information content (AvgIpc) is 2.80. The third kappa shape index (κ3) is 2.74. The monoisotopic (exact) mass is 377 g/mol. The van der Waals surface area contributed by atoms with Crippen molar-refractivity contribution in [2.24, 2.45) is 0 Å². The number of carbonyl (C=O) groups is 1. The number of aromatic nitrogens is 1. The zero-order chi connectivity index (χ0) is 14.9. The molecule has 0 N–H and O–H groups in total. The fraction of sp³-hybridized carbons (Fsp3) is 0.0833. The van der Waals surface area contributed by atoms with Crippen LogP contribution < -0.4 is 0 Å².